The van der Waals surface area contributed by atoms with Crippen molar-refractivity contribution in [2.24, 2.45) is 5.41 Å². The van der Waals surface area contributed by atoms with Crippen molar-refractivity contribution in [3.8, 4) is 5.69 Å². The lowest BCUT2D eigenvalue weighted by molar-refractivity contribution is 0.224. The molecule has 0 saturated heterocycles. The molecule has 0 spiro atoms. The molecule has 1 heterocycles. The summed E-state index contributed by atoms with van der Waals surface area (Å²) >= 11 is 0. The molecule has 0 aliphatic heterocycles. The Balaban J connectivity index is 1.88. The molecular formula is C17H20N2. The molecule has 1 aromatic carbocycles. The van der Waals surface area contributed by atoms with E-state index in [1.807, 2.05) is 0 Å². The normalized spacial score (nSPS) is 30.6. The molecular weight excluding hydrogens is 232 g/mol. The van der Waals surface area contributed by atoms with Crippen LogP contribution in [0, 0.1) is 5.41 Å². The van der Waals surface area contributed by atoms with Gasteiger partial charge in [0.25, 0.3) is 0 Å². The number of hydrogen-bond donors (Lipinski definition) is 0. The van der Waals surface area contributed by atoms with Crippen LogP contribution in [-0.4, -0.2) is 9.78 Å². The molecule has 19 heavy (non-hydrogen) atoms. The predicted molar refractivity (Wildman–Crippen MR) is 76.7 cm³/mol. The second kappa shape index (κ2) is 3.30. The van der Waals surface area contributed by atoms with Crippen molar-refractivity contribution in [3.05, 3.63) is 47.8 Å². The fourth-order valence-electron chi connectivity index (χ4n) is 4.25. The predicted octanol–water partition coefficient (Wildman–Crippen LogP) is 4.05. The van der Waals surface area contributed by atoms with Crippen LogP contribution in [0.2, 0.25) is 0 Å². The zero-order valence-electron chi connectivity index (χ0n) is 11.9. The van der Waals surface area contributed by atoms with Crippen molar-refractivity contribution in [3.63, 3.8) is 0 Å². The van der Waals surface area contributed by atoms with Crippen molar-refractivity contribution in [1.29, 1.82) is 0 Å². The van der Waals surface area contributed by atoms with Gasteiger partial charge in [0.1, 0.15) is 0 Å². The van der Waals surface area contributed by atoms with Crippen LogP contribution in [0.5, 0.6) is 0 Å². The Morgan fingerprint density at radius 1 is 1.16 bits per heavy atom. The van der Waals surface area contributed by atoms with Crippen molar-refractivity contribution in [1.82, 2.24) is 9.78 Å². The summed E-state index contributed by atoms with van der Waals surface area (Å²) in [6.45, 7) is 7.24. The first kappa shape index (κ1) is 11.3. The second-order valence-corrected chi connectivity index (χ2v) is 6.86. The number of rotatable bonds is 1. The smallest absolute Gasteiger partial charge is 0.0728 e. The number of nitrogens with zero attached hydrogens (tertiary/aromatic N) is 2. The van der Waals surface area contributed by atoms with Crippen LogP contribution in [0.25, 0.3) is 5.69 Å². The van der Waals surface area contributed by atoms with Gasteiger partial charge in [0.2, 0.25) is 0 Å². The lowest BCUT2D eigenvalue weighted by atomic mass is 9.70. The third kappa shape index (κ3) is 1.20. The maximum absolute atomic E-state index is 4.93. The maximum atomic E-state index is 4.93. The van der Waals surface area contributed by atoms with Gasteiger partial charge in [-0.05, 0) is 41.9 Å². The minimum atomic E-state index is 0.257. The summed E-state index contributed by atoms with van der Waals surface area (Å²) in [5.74, 6) is 0.685. The Bertz CT molecular complexity index is 639. The molecule has 1 fully saturated rings. The summed E-state index contributed by atoms with van der Waals surface area (Å²) in [7, 11) is 0. The fraction of sp³-hybridized carbons (Fsp3) is 0.471. The van der Waals surface area contributed by atoms with Crippen LogP contribution in [0.15, 0.2) is 36.5 Å². The highest BCUT2D eigenvalue weighted by Gasteiger charge is 2.61. The first-order valence-electron chi connectivity index (χ1n) is 7.19. The van der Waals surface area contributed by atoms with E-state index in [9.17, 15) is 0 Å². The molecule has 2 aliphatic rings. The van der Waals surface area contributed by atoms with Gasteiger partial charge in [0.15, 0.2) is 0 Å². The molecule has 0 amide bonds. The Morgan fingerprint density at radius 2 is 1.89 bits per heavy atom. The van der Waals surface area contributed by atoms with Crippen molar-refractivity contribution in [2.75, 3.05) is 0 Å². The number of aromatic nitrogens is 2. The van der Waals surface area contributed by atoms with E-state index >= 15 is 0 Å². The first-order chi connectivity index (χ1) is 9.04. The lowest BCUT2D eigenvalue weighted by Gasteiger charge is -2.34. The highest BCUT2D eigenvalue weighted by Crippen LogP contribution is 2.67. The molecule has 1 aromatic heterocycles. The van der Waals surface area contributed by atoms with Crippen LogP contribution in [0.3, 0.4) is 0 Å². The Hall–Kier alpha value is -1.57. The average molecular weight is 252 g/mol. The zero-order chi connectivity index (χ0) is 13.3. The minimum absolute atomic E-state index is 0.257. The van der Waals surface area contributed by atoms with E-state index in [1.54, 1.807) is 0 Å². The standard InChI is InChI=1S/C17H20N2/c1-16(2)14-9-10-17(16,3)15-13(14)11-19(18-15)12-7-5-4-6-8-12/h4-8,11,14H,9-10H2,1-3H3/t14-,17-/m0/s1. The van der Waals surface area contributed by atoms with Crippen LogP contribution >= 0.6 is 0 Å². The largest absolute Gasteiger partial charge is 0.240 e. The number of hydrogen-bond acceptors (Lipinski definition) is 1. The van der Waals surface area contributed by atoms with E-state index in [0.717, 1.165) is 5.69 Å². The van der Waals surface area contributed by atoms with E-state index in [1.165, 1.54) is 24.1 Å². The summed E-state index contributed by atoms with van der Waals surface area (Å²) in [5.41, 5.74) is 4.62. The highest BCUT2D eigenvalue weighted by atomic mass is 15.3. The van der Waals surface area contributed by atoms with Crippen LogP contribution in [0.1, 0.15) is 50.8 Å². The number of benzene rings is 1. The van der Waals surface area contributed by atoms with Crippen molar-refractivity contribution < 1.29 is 0 Å². The molecule has 2 bridgehead atoms. The third-order valence-corrected chi connectivity index (χ3v) is 5.89. The second-order valence-electron chi connectivity index (χ2n) is 6.86. The molecule has 2 aliphatic carbocycles. The topological polar surface area (TPSA) is 17.8 Å². The Morgan fingerprint density at radius 3 is 2.58 bits per heavy atom. The van der Waals surface area contributed by atoms with Crippen LogP contribution in [-0.2, 0) is 5.41 Å². The van der Waals surface area contributed by atoms with Gasteiger partial charge in [0.05, 0.1) is 11.4 Å². The molecule has 2 nitrogen and oxygen atoms in total. The van der Waals surface area contributed by atoms with Gasteiger partial charge in [-0.25, -0.2) is 4.68 Å². The monoisotopic (exact) mass is 252 g/mol. The number of fused-ring (bicyclic) bond motifs is 5. The Kier molecular flexibility index (Phi) is 1.96. The number of para-hydroxylation sites is 1. The zero-order valence-corrected chi connectivity index (χ0v) is 11.9. The van der Waals surface area contributed by atoms with Gasteiger partial charge in [-0.1, -0.05) is 39.0 Å². The summed E-state index contributed by atoms with van der Waals surface area (Å²) in [4.78, 5) is 0. The van der Waals surface area contributed by atoms with E-state index < -0.39 is 0 Å². The lowest BCUT2D eigenvalue weighted by Crippen LogP contribution is -2.32. The van der Waals surface area contributed by atoms with Crippen LogP contribution in [0.4, 0.5) is 0 Å². The highest BCUT2D eigenvalue weighted by molar-refractivity contribution is 5.46. The van der Waals surface area contributed by atoms with Crippen molar-refractivity contribution >= 4 is 0 Å². The molecule has 0 radical (unpaired) electrons. The average Bonchev–Trinajstić information content (AvgIpc) is 2.97. The first-order valence-corrected chi connectivity index (χ1v) is 7.19. The minimum Gasteiger partial charge on any atom is -0.240 e. The van der Waals surface area contributed by atoms with Gasteiger partial charge < -0.3 is 0 Å². The molecule has 2 heteroatoms. The Labute approximate surface area is 114 Å². The van der Waals surface area contributed by atoms with E-state index in [4.69, 9.17) is 5.10 Å². The van der Waals surface area contributed by atoms with E-state index in [0.29, 0.717) is 11.3 Å². The quantitative estimate of drug-likeness (QED) is 0.748. The van der Waals surface area contributed by atoms with Crippen molar-refractivity contribution in [2.45, 2.75) is 44.9 Å². The maximum Gasteiger partial charge on any atom is 0.0728 e. The van der Waals surface area contributed by atoms with E-state index in [-0.39, 0.29) is 5.41 Å². The summed E-state index contributed by atoms with van der Waals surface area (Å²) in [6, 6.07) is 10.4. The molecule has 4 rings (SSSR count). The molecule has 2 aromatic rings. The van der Waals surface area contributed by atoms with Gasteiger partial charge in [0, 0.05) is 11.6 Å². The SMILES string of the molecule is CC1(C)[C@H]2CC[C@@]1(C)c1nn(-c3ccccc3)cc12. The summed E-state index contributed by atoms with van der Waals surface area (Å²) < 4.78 is 2.07. The molecule has 0 unspecified atom stereocenters. The molecule has 0 N–H and O–H groups in total. The van der Waals surface area contributed by atoms with Gasteiger partial charge in [-0.2, -0.15) is 5.10 Å². The molecule has 98 valence electrons. The fourth-order valence-corrected chi connectivity index (χ4v) is 4.25. The summed E-state index contributed by atoms with van der Waals surface area (Å²) in [6.07, 6.45) is 4.86. The van der Waals surface area contributed by atoms with Crippen LogP contribution < -0.4 is 0 Å². The third-order valence-electron chi connectivity index (χ3n) is 5.89. The van der Waals surface area contributed by atoms with E-state index in [2.05, 4.69) is 62.0 Å². The van der Waals surface area contributed by atoms with Gasteiger partial charge in [-0.3, -0.25) is 0 Å². The van der Waals surface area contributed by atoms with Gasteiger partial charge >= 0.3 is 0 Å². The summed E-state index contributed by atoms with van der Waals surface area (Å²) in [5, 5.41) is 4.93. The molecule has 1 saturated carbocycles. The van der Waals surface area contributed by atoms with Gasteiger partial charge in [-0.15, -0.1) is 0 Å². The molecule has 2 atom stereocenters.